The monoisotopic (exact) mass is 194 g/mol. The van der Waals surface area contributed by atoms with Gasteiger partial charge in [-0.15, -0.1) is 0 Å². The maximum atomic E-state index is 10.9. The van der Waals surface area contributed by atoms with Crippen molar-refractivity contribution in [2.45, 2.75) is 6.92 Å². The Morgan fingerprint density at radius 1 is 1.46 bits per heavy atom. The number of nitrogens with one attached hydrogen (secondary N) is 1. The molecule has 66 valence electrons. The highest BCUT2D eigenvalue weighted by Gasteiger charge is 2.00. The topological polar surface area (TPSA) is 45.8 Å². The average Bonchev–Trinajstić information content (AvgIpc) is 2.08. The minimum Gasteiger partial charge on any atom is -0.307 e. The number of aromatic amines is 1. The summed E-state index contributed by atoms with van der Waals surface area (Å²) in [6, 6.07) is 5.09. The van der Waals surface area contributed by atoms with Crippen molar-refractivity contribution in [3.63, 3.8) is 0 Å². The Hall–Kier alpha value is -1.35. The fourth-order valence-electron chi connectivity index (χ4n) is 1.16. The van der Waals surface area contributed by atoms with Gasteiger partial charge in [0.2, 0.25) is 5.56 Å². The van der Waals surface area contributed by atoms with E-state index in [0.29, 0.717) is 10.8 Å². The molecule has 2 heterocycles. The number of hydrogen-bond acceptors (Lipinski definition) is 2. The number of nitrogens with zero attached hydrogens (tertiary/aromatic N) is 1. The van der Waals surface area contributed by atoms with E-state index in [0.717, 1.165) is 10.9 Å². The van der Waals surface area contributed by atoms with Crippen LogP contribution in [0, 0.1) is 6.92 Å². The van der Waals surface area contributed by atoms with Crippen LogP contribution in [0.3, 0.4) is 0 Å². The molecule has 0 saturated heterocycles. The maximum Gasteiger partial charge on any atom is 0.249 e. The fraction of sp³-hybridized carbons (Fsp3) is 0.111. The van der Waals surface area contributed by atoms with E-state index >= 15 is 0 Å². The summed E-state index contributed by atoms with van der Waals surface area (Å²) in [6.45, 7) is 1.87. The molecule has 2 rings (SSSR count). The largest absolute Gasteiger partial charge is 0.307 e. The van der Waals surface area contributed by atoms with Crippen LogP contribution in [-0.4, -0.2) is 9.97 Å². The summed E-state index contributed by atoms with van der Waals surface area (Å²) < 4.78 is 0. The van der Waals surface area contributed by atoms with Gasteiger partial charge in [0, 0.05) is 11.5 Å². The van der Waals surface area contributed by atoms with Crippen molar-refractivity contribution < 1.29 is 0 Å². The lowest BCUT2D eigenvalue weighted by molar-refractivity contribution is 1.21. The molecule has 0 amide bonds. The van der Waals surface area contributed by atoms with Crippen molar-refractivity contribution in [2.24, 2.45) is 0 Å². The molecule has 0 aliphatic heterocycles. The van der Waals surface area contributed by atoms with Crippen molar-refractivity contribution in [1.29, 1.82) is 0 Å². The summed E-state index contributed by atoms with van der Waals surface area (Å²) in [5, 5.41) is 1.32. The first-order chi connectivity index (χ1) is 6.16. The van der Waals surface area contributed by atoms with Crippen LogP contribution >= 0.6 is 11.6 Å². The van der Waals surface area contributed by atoms with E-state index < -0.39 is 0 Å². The molecule has 0 aliphatic carbocycles. The van der Waals surface area contributed by atoms with E-state index in [1.54, 1.807) is 6.07 Å². The lowest BCUT2D eigenvalue weighted by Crippen LogP contribution is -2.03. The standard InChI is InChI=1S/C9H7ClN2O/c1-5-4-6-2-3-7(13)11-9(6)12-8(5)10/h2-4H,1H3,(H,11,12,13). The SMILES string of the molecule is Cc1cc2ccc(=O)[nH]c2nc1Cl. The van der Waals surface area contributed by atoms with Crippen LogP contribution in [0.15, 0.2) is 23.0 Å². The zero-order chi connectivity index (χ0) is 9.42. The molecule has 0 aliphatic rings. The molecule has 2 aromatic heterocycles. The number of hydrogen-bond donors (Lipinski definition) is 1. The lowest BCUT2D eigenvalue weighted by Gasteiger charge is -1.99. The summed E-state index contributed by atoms with van der Waals surface area (Å²) in [5.41, 5.74) is 1.27. The van der Waals surface area contributed by atoms with E-state index in [2.05, 4.69) is 9.97 Å². The van der Waals surface area contributed by atoms with Crippen LogP contribution < -0.4 is 5.56 Å². The number of aromatic nitrogens is 2. The lowest BCUT2D eigenvalue weighted by atomic mass is 10.2. The number of rotatable bonds is 0. The van der Waals surface area contributed by atoms with Gasteiger partial charge in [-0.2, -0.15) is 0 Å². The quantitative estimate of drug-likeness (QED) is 0.651. The van der Waals surface area contributed by atoms with Gasteiger partial charge < -0.3 is 4.98 Å². The van der Waals surface area contributed by atoms with Crippen molar-refractivity contribution in [1.82, 2.24) is 9.97 Å². The highest BCUT2D eigenvalue weighted by atomic mass is 35.5. The zero-order valence-corrected chi connectivity index (χ0v) is 7.72. The number of pyridine rings is 2. The van der Waals surface area contributed by atoms with Crippen molar-refractivity contribution in [3.05, 3.63) is 39.3 Å². The van der Waals surface area contributed by atoms with Crippen LogP contribution in [0.25, 0.3) is 11.0 Å². The van der Waals surface area contributed by atoms with E-state index in [9.17, 15) is 4.79 Å². The predicted octanol–water partition coefficient (Wildman–Crippen LogP) is 1.88. The number of H-pyrrole nitrogens is 1. The molecule has 0 saturated carbocycles. The Morgan fingerprint density at radius 2 is 2.23 bits per heavy atom. The summed E-state index contributed by atoms with van der Waals surface area (Å²) >= 11 is 5.81. The molecule has 4 heteroatoms. The number of aryl methyl sites for hydroxylation is 1. The molecule has 0 atom stereocenters. The van der Waals surface area contributed by atoms with Gasteiger partial charge in [-0.05, 0) is 24.6 Å². The molecular formula is C9H7ClN2O. The first kappa shape index (κ1) is 8.26. The minimum absolute atomic E-state index is 0.167. The predicted molar refractivity (Wildman–Crippen MR) is 52.1 cm³/mol. The highest BCUT2D eigenvalue weighted by Crippen LogP contribution is 2.16. The molecule has 0 unspecified atom stereocenters. The molecule has 2 aromatic rings. The molecule has 0 radical (unpaired) electrons. The van der Waals surface area contributed by atoms with E-state index in [1.165, 1.54) is 6.07 Å². The van der Waals surface area contributed by atoms with Gasteiger partial charge in [-0.1, -0.05) is 11.6 Å². The molecule has 1 N–H and O–H groups in total. The smallest absolute Gasteiger partial charge is 0.249 e. The molecule has 13 heavy (non-hydrogen) atoms. The average molecular weight is 195 g/mol. The normalized spacial score (nSPS) is 10.6. The highest BCUT2D eigenvalue weighted by molar-refractivity contribution is 6.30. The van der Waals surface area contributed by atoms with Gasteiger partial charge in [0.25, 0.3) is 0 Å². The maximum absolute atomic E-state index is 10.9. The van der Waals surface area contributed by atoms with Crippen molar-refractivity contribution >= 4 is 22.6 Å². The molecular weight excluding hydrogens is 188 g/mol. The third-order valence-corrected chi connectivity index (χ3v) is 2.22. The number of fused-ring (bicyclic) bond motifs is 1. The molecule has 0 aromatic carbocycles. The van der Waals surface area contributed by atoms with Gasteiger partial charge >= 0.3 is 0 Å². The zero-order valence-electron chi connectivity index (χ0n) is 6.97. The van der Waals surface area contributed by atoms with Gasteiger partial charge in [0.05, 0.1) is 0 Å². The van der Waals surface area contributed by atoms with Crippen molar-refractivity contribution in [3.8, 4) is 0 Å². The Bertz CT molecular complexity index is 518. The van der Waals surface area contributed by atoms with Crippen LogP contribution in [0.5, 0.6) is 0 Å². The molecule has 3 nitrogen and oxygen atoms in total. The Morgan fingerprint density at radius 3 is 3.00 bits per heavy atom. The molecule has 0 fully saturated rings. The first-order valence-corrected chi connectivity index (χ1v) is 4.21. The third-order valence-electron chi connectivity index (χ3n) is 1.84. The second kappa shape index (κ2) is 2.85. The summed E-state index contributed by atoms with van der Waals surface area (Å²) in [4.78, 5) is 17.6. The van der Waals surface area contributed by atoms with Gasteiger partial charge in [-0.3, -0.25) is 4.79 Å². The van der Waals surface area contributed by atoms with E-state index in [-0.39, 0.29) is 5.56 Å². The molecule has 0 spiro atoms. The van der Waals surface area contributed by atoms with Gasteiger partial charge in [0.1, 0.15) is 10.8 Å². The second-order valence-electron chi connectivity index (χ2n) is 2.86. The van der Waals surface area contributed by atoms with Crippen LogP contribution in [0.1, 0.15) is 5.56 Å². The molecule has 0 bridgehead atoms. The fourth-order valence-corrected chi connectivity index (χ4v) is 1.30. The Labute approximate surface area is 79.4 Å². The van der Waals surface area contributed by atoms with Gasteiger partial charge in [0.15, 0.2) is 0 Å². The van der Waals surface area contributed by atoms with Crippen LogP contribution in [-0.2, 0) is 0 Å². The van der Waals surface area contributed by atoms with Crippen molar-refractivity contribution in [2.75, 3.05) is 0 Å². The first-order valence-electron chi connectivity index (χ1n) is 3.83. The van der Waals surface area contributed by atoms with Crippen LogP contribution in [0.2, 0.25) is 5.15 Å². The van der Waals surface area contributed by atoms with E-state index in [1.807, 2.05) is 13.0 Å². The summed E-state index contributed by atoms with van der Waals surface area (Å²) in [7, 11) is 0. The van der Waals surface area contributed by atoms with Crippen LogP contribution in [0.4, 0.5) is 0 Å². The van der Waals surface area contributed by atoms with Gasteiger partial charge in [-0.25, -0.2) is 4.98 Å². The third kappa shape index (κ3) is 1.42. The van der Waals surface area contributed by atoms with E-state index in [4.69, 9.17) is 11.6 Å². The minimum atomic E-state index is -0.167. The Kier molecular flexibility index (Phi) is 1.81. The number of halogens is 1. The summed E-state index contributed by atoms with van der Waals surface area (Å²) in [6.07, 6.45) is 0. The Balaban J connectivity index is 2.89. The summed E-state index contributed by atoms with van der Waals surface area (Å²) in [5.74, 6) is 0. The second-order valence-corrected chi connectivity index (χ2v) is 3.21.